The van der Waals surface area contributed by atoms with Gasteiger partial charge in [-0.05, 0) is 51.9 Å². The minimum atomic E-state index is -0.780. The molecular formula is C15H25N5O5. The Hall–Kier alpha value is -2.23. The van der Waals surface area contributed by atoms with Crippen LogP contribution in [0.25, 0.3) is 0 Å². The van der Waals surface area contributed by atoms with Gasteiger partial charge >= 0.3 is 12.1 Å². The van der Waals surface area contributed by atoms with Crippen molar-refractivity contribution in [2.45, 2.75) is 64.1 Å². The molecule has 2 bridgehead atoms. The highest BCUT2D eigenvalue weighted by Crippen LogP contribution is 2.58. The summed E-state index contributed by atoms with van der Waals surface area (Å²) in [5, 5.41) is 14.6. The summed E-state index contributed by atoms with van der Waals surface area (Å²) >= 11 is 0. The second kappa shape index (κ2) is 5.94. The normalized spacial score (nSPS) is 28.0. The van der Waals surface area contributed by atoms with Gasteiger partial charge in [0.05, 0.1) is 6.04 Å². The maximum absolute atomic E-state index is 12.4. The number of rotatable bonds is 1. The predicted molar refractivity (Wildman–Crippen MR) is 86.3 cm³/mol. The largest absolute Gasteiger partial charge is 0.442 e. The van der Waals surface area contributed by atoms with Crippen LogP contribution in [0.5, 0.6) is 0 Å². The number of nitrogens with two attached hydrogens (primary N) is 1. The van der Waals surface area contributed by atoms with Crippen LogP contribution in [0.4, 0.5) is 9.59 Å². The lowest BCUT2D eigenvalue weighted by molar-refractivity contribution is -0.116. The van der Waals surface area contributed by atoms with E-state index in [9.17, 15) is 14.8 Å². The number of fused-ring (bicyclic) bond motifs is 3. The second-order valence-electron chi connectivity index (χ2n) is 7.88. The van der Waals surface area contributed by atoms with Gasteiger partial charge in [0.1, 0.15) is 11.6 Å². The second-order valence-corrected chi connectivity index (χ2v) is 7.88. The number of ether oxygens (including phenoxy) is 1. The van der Waals surface area contributed by atoms with E-state index in [2.05, 4.69) is 10.6 Å². The molecule has 4 fully saturated rings. The molecule has 3 aliphatic heterocycles. The molecule has 0 unspecified atom stereocenters. The van der Waals surface area contributed by atoms with Crippen LogP contribution in [0.3, 0.4) is 0 Å². The molecule has 0 aromatic heterocycles. The van der Waals surface area contributed by atoms with Crippen molar-refractivity contribution in [3.63, 3.8) is 0 Å². The molecule has 140 valence electrons. The number of hydrogen-bond acceptors (Lipinski definition) is 7. The van der Waals surface area contributed by atoms with Crippen LogP contribution >= 0.6 is 0 Å². The molecule has 10 heteroatoms. The van der Waals surface area contributed by atoms with E-state index in [1.807, 2.05) is 0 Å². The fraction of sp³-hybridized carbons (Fsp3) is 0.800. The number of urea groups is 1. The Labute approximate surface area is 145 Å². The van der Waals surface area contributed by atoms with Gasteiger partial charge in [0.25, 0.3) is 5.90 Å². The summed E-state index contributed by atoms with van der Waals surface area (Å²) in [5.74, 6) is 5.46. The van der Waals surface area contributed by atoms with Crippen LogP contribution in [-0.4, -0.2) is 57.4 Å². The first-order chi connectivity index (χ1) is 11.7. The topological polar surface area (TPSA) is 130 Å². The number of nitrogens with zero attached hydrogens (tertiary/aromatic N) is 3. The number of hydroxylamine groups is 3. The standard InChI is InChI=1S/C15H25N5O5/c1-14(2,3)24-12(21)18-25-11(17-16)9-8-15(5-6-15)10-4-7-19(9)13(22)20(10)23/h9-10,23H,4-8,16H2,1-3H3,(H,18,21)/b17-11-/t9-,10-/m0/s1. The highest BCUT2D eigenvalue weighted by molar-refractivity contribution is 5.88. The van der Waals surface area contributed by atoms with E-state index in [0.29, 0.717) is 19.4 Å². The molecule has 4 N–H and O–H groups in total. The summed E-state index contributed by atoms with van der Waals surface area (Å²) in [4.78, 5) is 30.9. The fourth-order valence-corrected chi connectivity index (χ4v) is 3.72. The summed E-state index contributed by atoms with van der Waals surface area (Å²) in [7, 11) is 0. The third-order valence-corrected chi connectivity index (χ3v) is 5.01. The van der Waals surface area contributed by atoms with E-state index in [0.717, 1.165) is 17.9 Å². The first-order valence-corrected chi connectivity index (χ1v) is 8.39. The zero-order valence-electron chi connectivity index (χ0n) is 14.7. The van der Waals surface area contributed by atoms with Crippen molar-refractivity contribution < 1.29 is 24.4 Å². The Bertz CT molecular complexity index is 598. The lowest BCUT2D eigenvalue weighted by Crippen LogP contribution is -2.55. The summed E-state index contributed by atoms with van der Waals surface area (Å²) < 4.78 is 5.10. The van der Waals surface area contributed by atoms with Gasteiger partial charge in [-0.3, -0.25) is 5.21 Å². The number of carbonyl (C=O) groups excluding carboxylic acids is 2. The Balaban J connectivity index is 1.72. The lowest BCUT2D eigenvalue weighted by atomic mass is 9.89. The summed E-state index contributed by atoms with van der Waals surface area (Å²) in [6, 6.07) is -1.23. The average molecular weight is 355 g/mol. The number of nitrogens with one attached hydrogen (secondary N) is 1. The van der Waals surface area contributed by atoms with Gasteiger partial charge < -0.3 is 20.3 Å². The lowest BCUT2D eigenvalue weighted by Gasteiger charge is -2.37. The molecule has 3 saturated heterocycles. The molecule has 0 aromatic rings. The van der Waals surface area contributed by atoms with Crippen molar-refractivity contribution in [3.05, 3.63) is 0 Å². The maximum Gasteiger partial charge on any atom is 0.441 e. The van der Waals surface area contributed by atoms with Crippen LogP contribution in [0, 0.1) is 5.41 Å². The van der Waals surface area contributed by atoms with Crippen LogP contribution < -0.4 is 11.3 Å². The Morgan fingerprint density at radius 1 is 1.44 bits per heavy atom. The summed E-state index contributed by atoms with van der Waals surface area (Å²) in [6.45, 7) is 5.66. The molecule has 1 spiro atoms. The van der Waals surface area contributed by atoms with Gasteiger partial charge in [-0.25, -0.2) is 14.7 Å². The molecule has 1 saturated carbocycles. The summed E-state index contributed by atoms with van der Waals surface area (Å²) in [6.07, 6.45) is 2.31. The minimum absolute atomic E-state index is 0.0152. The first kappa shape index (κ1) is 17.6. The quantitative estimate of drug-likeness (QED) is 0.213. The number of carbonyl (C=O) groups is 2. The maximum atomic E-state index is 12.4. The highest BCUT2D eigenvalue weighted by atomic mass is 16.7. The molecule has 3 amide bonds. The SMILES string of the molecule is CC(C)(C)OC(=O)NO/C(=N\N)[C@@H]1CC2(CC2)[C@@H]2CCN1C(=O)N2O. The van der Waals surface area contributed by atoms with Gasteiger partial charge in [-0.1, -0.05) is 0 Å². The van der Waals surface area contributed by atoms with Crippen LogP contribution in [0.1, 0.15) is 46.5 Å². The third-order valence-electron chi connectivity index (χ3n) is 5.01. The molecule has 4 aliphatic rings. The van der Waals surface area contributed by atoms with Crippen molar-refractivity contribution in [1.29, 1.82) is 0 Å². The molecule has 25 heavy (non-hydrogen) atoms. The Morgan fingerprint density at radius 3 is 2.68 bits per heavy atom. The Morgan fingerprint density at radius 2 is 2.12 bits per heavy atom. The van der Waals surface area contributed by atoms with E-state index in [1.165, 1.54) is 4.90 Å². The minimum Gasteiger partial charge on any atom is -0.442 e. The van der Waals surface area contributed by atoms with Gasteiger partial charge in [-0.15, -0.1) is 5.10 Å². The predicted octanol–water partition coefficient (Wildman–Crippen LogP) is 1.15. The molecule has 3 heterocycles. The van der Waals surface area contributed by atoms with Gasteiger partial charge in [0, 0.05) is 6.54 Å². The summed E-state index contributed by atoms with van der Waals surface area (Å²) in [5.41, 5.74) is 1.33. The van der Waals surface area contributed by atoms with Crippen LogP contribution in [0.15, 0.2) is 5.10 Å². The zero-order chi connectivity index (χ0) is 18.4. The van der Waals surface area contributed by atoms with E-state index in [1.54, 1.807) is 20.8 Å². The van der Waals surface area contributed by atoms with Crippen LogP contribution in [-0.2, 0) is 9.57 Å². The monoisotopic (exact) mass is 355 g/mol. The van der Waals surface area contributed by atoms with Gasteiger partial charge in [0.2, 0.25) is 0 Å². The van der Waals surface area contributed by atoms with E-state index in [-0.39, 0.29) is 17.4 Å². The molecule has 2 atom stereocenters. The van der Waals surface area contributed by atoms with Crippen molar-refractivity contribution in [2.75, 3.05) is 6.54 Å². The van der Waals surface area contributed by atoms with Gasteiger partial charge in [-0.2, -0.15) is 5.48 Å². The van der Waals surface area contributed by atoms with Gasteiger partial charge in [0.15, 0.2) is 0 Å². The molecule has 1 aliphatic carbocycles. The van der Waals surface area contributed by atoms with E-state index < -0.39 is 23.8 Å². The van der Waals surface area contributed by atoms with E-state index >= 15 is 0 Å². The zero-order valence-corrected chi connectivity index (χ0v) is 14.7. The fourth-order valence-electron chi connectivity index (χ4n) is 3.72. The average Bonchev–Trinajstić information content (AvgIpc) is 3.31. The molecule has 4 rings (SSSR count). The molecule has 10 nitrogen and oxygen atoms in total. The smallest absolute Gasteiger partial charge is 0.441 e. The van der Waals surface area contributed by atoms with E-state index in [4.69, 9.17) is 15.4 Å². The van der Waals surface area contributed by atoms with Crippen molar-refractivity contribution >= 4 is 18.0 Å². The van der Waals surface area contributed by atoms with Crippen molar-refractivity contribution in [3.8, 4) is 0 Å². The number of hydrogen-bond donors (Lipinski definition) is 3. The molecular weight excluding hydrogens is 330 g/mol. The first-order valence-electron chi connectivity index (χ1n) is 8.39. The molecule has 0 aromatic carbocycles. The third kappa shape index (κ3) is 3.30. The number of amides is 3. The van der Waals surface area contributed by atoms with Crippen LogP contribution in [0.2, 0.25) is 0 Å². The molecule has 0 radical (unpaired) electrons. The van der Waals surface area contributed by atoms with Crippen molar-refractivity contribution in [1.82, 2.24) is 15.4 Å². The Kier molecular flexibility index (Phi) is 4.18. The highest BCUT2D eigenvalue weighted by Gasteiger charge is 2.60. The number of hydrazone groups is 1. The van der Waals surface area contributed by atoms with Crippen molar-refractivity contribution in [2.24, 2.45) is 16.4 Å².